The predicted molar refractivity (Wildman–Crippen MR) is 111 cm³/mol. The van der Waals surface area contributed by atoms with Gasteiger partial charge in [-0.05, 0) is 11.6 Å². The van der Waals surface area contributed by atoms with Crippen LogP contribution in [0.1, 0.15) is 17.5 Å². The Bertz CT molecular complexity index is 945. The Kier molecular flexibility index (Phi) is 5.54. The molecule has 0 saturated carbocycles. The van der Waals surface area contributed by atoms with Crippen molar-refractivity contribution in [3.8, 4) is 6.07 Å². The van der Waals surface area contributed by atoms with Crippen molar-refractivity contribution in [3.63, 3.8) is 0 Å². The maximum Gasteiger partial charge on any atom is 0.336 e. The smallest absolute Gasteiger partial charge is 0.306 e. The Morgan fingerprint density at radius 1 is 1.10 bits per heavy atom. The van der Waals surface area contributed by atoms with Crippen LogP contribution in [0.3, 0.4) is 0 Å². The highest BCUT2D eigenvalue weighted by Crippen LogP contribution is 2.32. The lowest BCUT2D eigenvalue weighted by molar-refractivity contribution is -0.136. The molecule has 0 spiro atoms. The molecule has 0 radical (unpaired) electrons. The van der Waals surface area contributed by atoms with Crippen molar-refractivity contribution in [2.45, 2.75) is 19.0 Å². The molecule has 6 heteroatoms. The van der Waals surface area contributed by atoms with Crippen LogP contribution < -0.4 is 9.80 Å². The molecule has 6 nitrogen and oxygen atoms in total. The first-order chi connectivity index (χ1) is 14.1. The van der Waals surface area contributed by atoms with E-state index in [0.717, 1.165) is 11.3 Å². The molecule has 1 atom stereocenters. The topological polar surface area (TPSA) is 73.2 Å². The number of amides is 1. The molecular formula is C23H25N4O2+. The average Bonchev–Trinajstić information content (AvgIpc) is 3.14. The second kappa shape index (κ2) is 8.26. The van der Waals surface area contributed by atoms with E-state index in [4.69, 9.17) is 0 Å². The van der Waals surface area contributed by atoms with E-state index >= 15 is 0 Å². The third kappa shape index (κ3) is 3.73. The predicted octanol–water partition coefficient (Wildman–Crippen LogP) is 1.84. The van der Waals surface area contributed by atoms with E-state index in [0.29, 0.717) is 44.8 Å². The standard InChI is InChI=1S/C23H25N4O2/c24-15-19-8-4-5-9-22(19)27(12-10-25-11-13-27)23(29)21-14-20(28)17-26(21)16-18-6-2-1-3-7-18/h1-9,21,25H,10-14,16-17H2/q+1. The van der Waals surface area contributed by atoms with Gasteiger partial charge >= 0.3 is 5.91 Å². The van der Waals surface area contributed by atoms with Gasteiger partial charge in [0.05, 0.1) is 6.54 Å². The van der Waals surface area contributed by atoms with Crippen LogP contribution in [0.15, 0.2) is 54.6 Å². The summed E-state index contributed by atoms with van der Waals surface area (Å²) in [5, 5.41) is 13.0. The molecule has 2 heterocycles. The van der Waals surface area contributed by atoms with Gasteiger partial charge in [0, 0.05) is 32.1 Å². The number of nitriles is 1. The lowest BCUT2D eigenvalue weighted by Gasteiger charge is -2.41. The van der Waals surface area contributed by atoms with Gasteiger partial charge in [-0.2, -0.15) is 5.26 Å². The fraction of sp³-hybridized carbons (Fsp3) is 0.348. The molecule has 29 heavy (non-hydrogen) atoms. The first-order valence-corrected chi connectivity index (χ1v) is 10.1. The minimum Gasteiger partial charge on any atom is -0.306 e. The van der Waals surface area contributed by atoms with Crippen molar-refractivity contribution in [2.75, 3.05) is 32.7 Å². The lowest BCUT2D eigenvalue weighted by Crippen LogP contribution is -2.67. The summed E-state index contributed by atoms with van der Waals surface area (Å²) >= 11 is 0. The number of hydrogen-bond donors (Lipinski definition) is 1. The molecule has 0 bridgehead atoms. The number of nitrogens with one attached hydrogen (secondary N) is 1. The molecule has 1 unspecified atom stereocenters. The minimum absolute atomic E-state index is 0.0241. The number of rotatable bonds is 4. The van der Waals surface area contributed by atoms with Crippen LogP contribution >= 0.6 is 0 Å². The molecule has 4 rings (SSSR count). The van der Waals surface area contributed by atoms with Crippen LogP contribution in [0.5, 0.6) is 0 Å². The summed E-state index contributed by atoms with van der Waals surface area (Å²) in [5.41, 5.74) is 2.37. The largest absolute Gasteiger partial charge is 0.336 e. The van der Waals surface area contributed by atoms with Gasteiger partial charge < -0.3 is 5.32 Å². The summed E-state index contributed by atoms with van der Waals surface area (Å²) < 4.78 is 0.125. The first kappa shape index (κ1) is 19.5. The first-order valence-electron chi connectivity index (χ1n) is 10.1. The highest BCUT2D eigenvalue weighted by atomic mass is 16.2. The van der Waals surface area contributed by atoms with E-state index in [1.165, 1.54) is 0 Å². The number of carbonyl (C=O) groups excluding carboxylic acids is 2. The number of likely N-dealkylation sites (tertiary alicyclic amines) is 1. The Labute approximate surface area is 170 Å². The van der Waals surface area contributed by atoms with E-state index in [1.807, 2.05) is 53.4 Å². The highest BCUT2D eigenvalue weighted by Gasteiger charge is 2.50. The highest BCUT2D eigenvalue weighted by molar-refractivity contribution is 5.99. The zero-order valence-corrected chi connectivity index (χ0v) is 16.4. The number of Topliss-reactive ketones (excluding diaryl/α,β-unsaturated/α-hetero) is 1. The van der Waals surface area contributed by atoms with E-state index in [-0.39, 0.29) is 22.6 Å². The van der Waals surface area contributed by atoms with Crippen molar-refractivity contribution in [3.05, 3.63) is 65.7 Å². The molecule has 0 aromatic heterocycles. The molecule has 2 aromatic rings. The quantitative estimate of drug-likeness (QED) is 0.808. The van der Waals surface area contributed by atoms with Crippen LogP contribution in [0, 0.1) is 11.3 Å². The molecule has 2 aliphatic rings. The van der Waals surface area contributed by atoms with Gasteiger partial charge in [-0.25, -0.2) is 9.28 Å². The number of nitrogens with zero attached hydrogens (tertiary/aromatic N) is 3. The second-order valence-electron chi connectivity index (χ2n) is 7.78. The number of carbonyl (C=O) groups is 2. The Balaban J connectivity index is 1.70. The maximum absolute atomic E-state index is 14.0. The van der Waals surface area contributed by atoms with Crippen LogP contribution in [-0.2, 0) is 16.1 Å². The fourth-order valence-electron chi connectivity index (χ4n) is 4.56. The SMILES string of the molecule is N#Cc1ccccc1[N+]1(C(=O)C2CC(=O)CN2Cc2ccccc2)CCNCC1. The van der Waals surface area contributed by atoms with E-state index in [2.05, 4.69) is 11.4 Å². The summed E-state index contributed by atoms with van der Waals surface area (Å²) in [4.78, 5) is 28.3. The molecule has 148 valence electrons. The van der Waals surface area contributed by atoms with Crippen LogP contribution in [0.4, 0.5) is 5.69 Å². The van der Waals surface area contributed by atoms with Gasteiger partial charge in [-0.1, -0.05) is 42.5 Å². The summed E-state index contributed by atoms with van der Waals surface area (Å²) in [7, 11) is 0. The van der Waals surface area contributed by atoms with Crippen LogP contribution in [0.25, 0.3) is 0 Å². The summed E-state index contributed by atoms with van der Waals surface area (Å²) in [5.74, 6) is 0.122. The summed E-state index contributed by atoms with van der Waals surface area (Å²) in [6.07, 6.45) is 0.244. The summed E-state index contributed by atoms with van der Waals surface area (Å²) in [6.45, 7) is 3.43. The molecule has 0 aliphatic carbocycles. The normalized spacial score (nSPS) is 21.6. The van der Waals surface area contributed by atoms with E-state index in [9.17, 15) is 14.9 Å². The molecule has 2 aliphatic heterocycles. The Hall–Kier alpha value is -2.85. The Morgan fingerprint density at radius 3 is 2.52 bits per heavy atom. The van der Waals surface area contributed by atoms with Crippen molar-refractivity contribution in [1.29, 1.82) is 5.26 Å². The number of quaternary nitrogens is 1. The third-order valence-corrected chi connectivity index (χ3v) is 6.00. The third-order valence-electron chi connectivity index (χ3n) is 6.00. The fourth-order valence-corrected chi connectivity index (χ4v) is 4.56. The lowest BCUT2D eigenvalue weighted by atomic mass is 10.0. The Morgan fingerprint density at radius 2 is 1.79 bits per heavy atom. The zero-order valence-electron chi connectivity index (χ0n) is 16.4. The number of ketones is 1. The molecule has 1 N–H and O–H groups in total. The molecule has 1 amide bonds. The minimum atomic E-state index is -0.465. The number of benzene rings is 2. The number of para-hydroxylation sites is 1. The average molecular weight is 389 g/mol. The van der Waals surface area contributed by atoms with E-state index in [1.54, 1.807) is 6.07 Å². The van der Waals surface area contributed by atoms with Crippen LogP contribution in [0.2, 0.25) is 0 Å². The summed E-state index contributed by atoms with van der Waals surface area (Å²) in [6, 6.07) is 19.1. The molecule has 2 fully saturated rings. The van der Waals surface area contributed by atoms with Crippen LogP contribution in [-0.4, -0.2) is 55.4 Å². The van der Waals surface area contributed by atoms with Gasteiger partial charge in [0.1, 0.15) is 36.5 Å². The van der Waals surface area contributed by atoms with Gasteiger partial charge in [0.25, 0.3) is 0 Å². The second-order valence-corrected chi connectivity index (χ2v) is 7.78. The van der Waals surface area contributed by atoms with Crippen molar-refractivity contribution >= 4 is 17.4 Å². The van der Waals surface area contributed by atoms with Crippen molar-refractivity contribution in [2.24, 2.45) is 0 Å². The van der Waals surface area contributed by atoms with Gasteiger partial charge in [-0.3, -0.25) is 9.69 Å². The number of piperazine rings is 1. The van der Waals surface area contributed by atoms with Gasteiger partial charge in [-0.15, -0.1) is 0 Å². The van der Waals surface area contributed by atoms with E-state index < -0.39 is 6.04 Å². The maximum atomic E-state index is 14.0. The van der Waals surface area contributed by atoms with Crippen molar-refractivity contribution in [1.82, 2.24) is 14.7 Å². The van der Waals surface area contributed by atoms with Gasteiger partial charge in [0.2, 0.25) is 0 Å². The molecule has 2 saturated heterocycles. The van der Waals surface area contributed by atoms with Gasteiger partial charge in [0.15, 0.2) is 5.69 Å². The zero-order chi connectivity index (χ0) is 20.3. The number of hydrogen-bond acceptors (Lipinski definition) is 5. The monoisotopic (exact) mass is 389 g/mol. The molecule has 2 aromatic carbocycles. The van der Waals surface area contributed by atoms with Crippen molar-refractivity contribution < 1.29 is 9.59 Å². The molecular weight excluding hydrogens is 364 g/mol.